The van der Waals surface area contributed by atoms with Crippen molar-refractivity contribution in [2.75, 3.05) is 25.1 Å². The van der Waals surface area contributed by atoms with E-state index < -0.39 is 10.7 Å². The van der Waals surface area contributed by atoms with Crippen LogP contribution in [-0.2, 0) is 4.74 Å². The van der Waals surface area contributed by atoms with Crippen molar-refractivity contribution in [3.05, 3.63) is 33.6 Å². The molecule has 5 nitrogen and oxygen atoms in total. The van der Waals surface area contributed by atoms with Crippen LogP contribution in [0.4, 0.5) is 15.8 Å². The number of benzene rings is 1. The Bertz CT molecular complexity index is 473. The Hall–Kier alpha value is -1.69. The molecule has 104 valence electrons. The summed E-state index contributed by atoms with van der Waals surface area (Å²) in [6.07, 6.45) is 2.05. The first-order valence-electron chi connectivity index (χ1n) is 6.34. The van der Waals surface area contributed by atoms with Gasteiger partial charge in [0.15, 0.2) is 0 Å². The molecule has 1 N–H and O–H groups in total. The van der Waals surface area contributed by atoms with Gasteiger partial charge in [0, 0.05) is 13.2 Å². The highest BCUT2D eigenvalue weighted by molar-refractivity contribution is 5.63. The van der Waals surface area contributed by atoms with Crippen molar-refractivity contribution in [1.82, 2.24) is 0 Å². The third-order valence-electron chi connectivity index (χ3n) is 3.31. The van der Waals surface area contributed by atoms with Crippen LogP contribution in [0, 0.1) is 28.8 Å². The number of halogens is 1. The average Bonchev–Trinajstić information content (AvgIpc) is 2.40. The summed E-state index contributed by atoms with van der Waals surface area (Å²) in [5, 5.41) is 14.0. The largest absolute Gasteiger partial charge is 0.381 e. The topological polar surface area (TPSA) is 64.4 Å². The second kappa shape index (κ2) is 5.97. The van der Waals surface area contributed by atoms with E-state index in [1.807, 2.05) is 0 Å². The lowest BCUT2D eigenvalue weighted by atomic mass is 10.0. The maximum Gasteiger partial charge on any atom is 0.295 e. The van der Waals surface area contributed by atoms with Crippen LogP contribution in [0.5, 0.6) is 0 Å². The Morgan fingerprint density at radius 1 is 1.58 bits per heavy atom. The van der Waals surface area contributed by atoms with Crippen LogP contribution in [0.3, 0.4) is 0 Å². The smallest absolute Gasteiger partial charge is 0.295 e. The number of hydrogen-bond donors (Lipinski definition) is 1. The quantitative estimate of drug-likeness (QED) is 0.673. The van der Waals surface area contributed by atoms with E-state index in [0.717, 1.165) is 25.5 Å². The number of anilines is 1. The summed E-state index contributed by atoms with van der Waals surface area (Å²) in [7, 11) is 0. The Morgan fingerprint density at radius 3 is 3.00 bits per heavy atom. The molecule has 0 spiro atoms. The highest BCUT2D eigenvalue weighted by Gasteiger charge is 2.19. The Kier molecular flexibility index (Phi) is 4.31. The zero-order valence-corrected chi connectivity index (χ0v) is 10.8. The number of rotatable bonds is 4. The standard InChI is InChI=1S/C13H17FN2O3/c1-9-5-12(13(16(17)18)6-11(9)14)15-7-10-3-2-4-19-8-10/h5-6,10,15H,2-4,7-8H2,1H3. The van der Waals surface area contributed by atoms with E-state index in [1.165, 1.54) is 6.07 Å². The van der Waals surface area contributed by atoms with Gasteiger partial charge in [-0.2, -0.15) is 0 Å². The number of nitrogens with one attached hydrogen (secondary N) is 1. The lowest BCUT2D eigenvalue weighted by Gasteiger charge is -2.22. The first kappa shape index (κ1) is 13.7. The number of nitro groups is 1. The van der Waals surface area contributed by atoms with E-state index in [9.17, 15) is 14.5 Å². The lowest BCUT2D eigenvalue weighted by Crippen LogP contribution is -2.24. The molecule has 1 aromatic rings. The van der Waals surface area contributed by atoms with Gasteiger partial charge in [0.2, 0.25) is 0 Å². The second-order valence-electron chi connectivity index (χ2n) is 4.84. The fourth-order valence-corrected chi connectivity index (χ4v) is 2.19. The van der Waals surface area contributed by atoms with Gasteiger partial charge in [-0.3, -0.25) is 10.1 Å². The molecule has 0 bridgehead atoms. The third-order valence-corrected chi connectivity index (χ3v) is 3.31. The molecule has 0 aliphatic carbocycles. The molecule has 1 aliphatic heterocycles. The molecule has 1 aliphatic rings. The molecule has 1 atom stereocenters. The maximum absolute atomic E-state index is 13.4. The number of nitro benzene ring substituents is 1. The minimum absolute atomic E-state index is 0.222. The van der Waals surface area contributed by atoms with Crippen molar-refractivity contribution in [3.8, 4) is 0 Å². The molecule has 1 saturated heterocycles. The summed E-state index contributed by atoms with van der Waals surface area (Å²) in [4.78, 5) is 10.3. The van der Waals surface area contributed by atoms with Gasteiger partial charge in [0.05, 0.1) is 17.6 Å². The second-order valence-corrected chi connectivity index (χ2v) is 4.84. The van der Waals surface area contributed by atoms with E-state index in [4.69, 9.17) is 4.74 Å². The zero-order chi connectivity index (χ0) is 13.8. The van der Waals surface area contributed by atoms with Gasteiger partial charge in [-0.05, 0) is 37.3 Å². The minimum Gasteiger partial charge on any atom is -0.381 e. The maximum atomic E-state index is 13.4. The molecule has 6 heteroatoms. The van der Waals surface area contributed by atoms with Gasteiger partial charge in [0.25, 0.3) is 5.69 Å². The first-order chi connectivity index (χ1) is 9.08. The molecule has 1 fully saturated rings. The fraction of sp³-hybridized carbons (Fsp3) is 0.538. The molecular weight excluding hydrogens is 251 g/mol. The van der Waals surface area contributed by atoms with Crippen molar-refractivity contribution in [1.29, 1.82) is 0 Å². The van der Waals surface area contributed by atoms with E-state index in [-0.39, 0.29) is 5.69 Å². The van der Waals surface area contributed by atoms with Crippen LogP contribution >= 0.6 is 0 Å². The van der Waals surface area contributed by atoms with Gasteiger partial charge in [-0.1, -0.05) is 0 Å². The molecule has 1 heterocycles. The molecule has 0 radical (unpaired) electrons. The molecule has 1 unspecified atom stereocenters. The monoisotopic (exact) mass is 268 g/mol. The molecule has 1 aromatic carbocycles. The van der Waals surface area contributed by atoms with Crippen LogP contribution in [-0.4, -0.2) is 24.7 Å². The number of hydrogen-bond acceptors (Lipinski definition) is 4. The number of aryl methyl sites for hydroxylation is 1. The van der Waals surface area contributed by atoms with Crippen molar-refractivity contribution >= 4 is 11.4 Å². The number of nitrogens with zero attached hydrogens (tertiary/aromatic N) is 1. The minimum atomic E-state index is -0.567. The van der Waals surface area contributed by atoms with Gasteiger partial charge >= 0.3 is 0 Å². The van der Waals surface area contributed by atoms with Crippen LogP contribution in [0.1, 0.15) is 18.4 Å². The van der Waals surface area contributed by atoms with Crippen molar-refractivity contribution in [2.45, 2.75) is 19.8 Å². The summed E-state index contributed by atoms with van der Waals surface area (Å²) < 4.78 is 18.7. The van der Waals surface area contributed by atoms with Crippen LogP contribution in [0.15, 0.2) is 12.1 Å². The summed E-state index contributed by atoms with van der Waals surface area (Å²) in [6.45, 7) is 3.65. The molecule has 0 aromatic heterocycles. The highest BCUT2D eigenvalue weighted by Crippen LogP contribution is 2.28. The van der Waals surface area contributed by atoms with E-state index in [1.54, 1.807) is 6.92 Å². The summed E-state index contributed by atoms with van der Waals surface area (Å²) >= 11 is 0. The Morgan fingerprint density at radius 2 is 2.37 bits per heavy atom. The zero-order valence-electron chi connectivity index (χ0n) is 10.8. The number of ether oxygens (including phenoxy) is 1. The SMILES string of the molecule is Cc1cc(NCC2CCCOC2)c([N+](=O)[O-])cc1F. The van der Waals surface area contributed by atoms with Crippen LogP contribution < -0.4 is 5.32 Å². The predicted octanol–water partition coefficient (Wildman–Crippen LogP) is 2.88. The fourth-order valence-electron chi connectivity index (χ4n) is 2.19. The molecule has 0 saturated carbocycles. The van der Waals surface area contributed by atoms with Gasteiger partial charge < -0.3 is 10.1 Å². The molecule has 19 heavy (non-hydrogen) atoms. The van der Waals surface area contributed by atoms with Gasteiger partial charge in [-0.15, -0.1) is 0 Å². The lowest BCUT2D eigenvalue weighted by molar-refractivity contribution is -0.384. The van der Waals surface area contributed by atoms with Crippen LogP contribution in [0.2, 0.25) is 0 Å². The predicted molar refractivity (Wildman–Crippen MR) is 69.8 cm³/mol. The normalized spacial score (nSPS) is 19.2. The highest BCUT2D eigenvalue weighted by atomic mass is 19.1. The van der Waals surface area contributed by atoms with Crippen molar-refractivity contribution < 1.29 is 14.1 Å². The first-order valence-corrected chi connectivity index (χ1v) is 6.34. The third kappa shape index (κ3) is 3.41. The Labute approximate surface area is 110 Å². The molecule has 0 amide bonds. The van der Waals surface area contributed by atoms with E-state index >= 15 is 0 Å². The summed E-state index contributed by atoms with van der Waals surface area (Å²) in [5.74, 6) is -0.211. The summed E-state index contributed by atoms with van der Waals surface area (Å²) in [6, 6.07) is 2.45. The van der Waals surface area contributed by atoms with Crippen LogP contribution in [0.25, 0.3) is 0 Å². The van der Waals surface area contributed by atoms with Crippen molar-refractivity contribution in [3.63, 3.8) is 0 Å². The molecular formula is C13H17FN2O3. The van der Waals surface area contributed by atoms with E-state index in [2.05, 4.69) is 5.32 Å². The van der Waals surface area contributed by atoms with Gasteiger partial charge in [0.1, 0.15) is 11.5 Å². The Balaban J connectivity index is 2.09. The van der Waals surface area contributed by atoms with E-state index in [0.29, 0.717) is 30.3 Å². The van der Waals surface area contributed by atoms with Gasteiger partial charge in [-0.25, -0.2) is 4.39 Å². The van der Waals surface area contributed by atoms with Crippen molar-refractivity contribution in [2.24, 2.45) is 5.92 Å². The average molecular weight is 268 g/mol. The summed E-state index contributed by atoms with van der Waals surface area (Å²) in [5.41, 5.74) is 0.544. The molecule has 2 rings (SSSR count).